The van der Waals surface area contributed by atoms with Crippen LogP contribution in [0.2, 0.25) is 0 Å². The molecule has 1 heterocycles. The lowest BCUT2D eigenvalue weighted by atomic mass is 10.1. The highest BCUT2D eigenvalue weighted by atomic mass is 16.5. The first-order valence-electron chi connectivity index (χ1n) is 10.5. The first-order valence-corrected chi connectivity index (χ1v) is 10.5. The summed E-state index contributed by atoms with van der Waals surface area (Å²) in [6.07, 6.45) is 1.95. The molecule has 0 radical (unpaired) electrons. The van der Waals surface area contributed by atoms with Gasteiger partial charge >= 0.3 is 0 Å². The Bertz CT molecular complexity index is 1110. The molecule has 0 fully saturated rings. The fourth-order valence-electron chi connectivity index (χ4n) is 3.24. The molecule has 0 bridgehead atoms. The summed E-state index contributed by atoms with van der Waals surface area (Å²) >= 11 is 0. The van der Waals surface area contributed by atoms with Crippen LogP contribution in [-0.4, -0.2) is 35.5 Å². The minimum Gasteiger partial charge on any atom is -0.491 e. The Balaban J connectivity index is 1.32. The predicted octanol–water partition coefficient (Wildman–Crippen LogP) is 4.25. The van der Waals surface area contributed by atoms with Gasteiger partial charge in [0.05, 0.1) is 18.0 Å². The average Bonchev–Trinajstić information content (AvgIpc) is 3.29. The molecule has 0 unspecified atom stereocenters. The van der Waals surface area contributed by atoms with E-state index < -0.39 is 0 Å². The number of rotatable bonds is 10. The molecule has 0 aliphatic carbocycles. The molecule has 4 rings (SSSR count). The third-order valence-electron chi connectivity index (χ3n) is 4.81. The van der Waals surface area contributed by atoms with Gasteiger partial charge in [-0.05, 0) is 24.3 Å². The van der Waals surface area contributed by atoms with E-state index in [1.54, 1.807) is 0 Å². The van der Waals surface area contributed by atoms with Gasteiger partial charge in [-0.1, -0.05) is 66.7 Å². The lowest BCUT2D eigenvalue weighted by Crippen LogP contribution is -2.28. The van der Waals surface area contributed by atoms with E-state index in [9.17, 15) is 4.79 Å². The number of nitrogens with one attached hydrogen (secondary N) is 1. The largest absolute Gasteiger partial charge is 0.491 e. The molecule has 1 aromatic heterocycles. The fourth-order valence-corrected chi connectivity index (χ4v) is 3.24. The van der Waals surface area contributed by atoms with E-state index in [2.05, 4.69) is 5.32 Å². The van der Waals surface area contributed by atoms with E-state index in [1.807, 2.05) is 102 Å². The van der Waals surface area contributed by atoms with Gasteiger partial charge in [-0.25, -0.2) is 4.68 Å². The van der Waals surface area contributed by atoms with Crippen LogP contribution in [0.3, 0.4) is 0 Å². The first kappa shape index (κ1) is 21.3. The number of carbonyl (C=O) groups excluding carboxylic acids is 1. The molecule has 0 spiro atoms. The predicted molar refractivity (Wildman–Crippen MR) is 124 cm³/mol. The van der Waals surface area contributed by atoms with Crippen molar-refractivity contribution in [2.45, 2.75) is 6.54 Å². The zero-order valence-corrected chi connectivity index (χ0v) is 17.7. The third-order valence-corrected chi connectivity index (χ3v) is 4.81. The Morgan fingerprint density at radius 1 is 0.844 bits per heavy atom. The van der Waals surface area contributed by atoms with E-state index in [0.717, 1.165) is 28.3 Å². The molecule has 0 saturated heterocycles. The van der Waals surface area contributed by atoms with Gasteiger partial charge in [0.15, 0.2) is 0 Å². The number of aromatic nitrogens is 2. The van der Waals surface area contributed by atoms with Gasteiger partial charge in [-0.2, -0.15) is 5.10 Å². The standard InChI is InChI=1S/C26H25N3O3/c30-25(20-31-16-17-32-24-14-8-3-9-15-24)27-18-22-19-29(23-12-6-2-7-13-23)28-26(22)21-10-4-1-5-11-21/h1-15,19H,16-18,20H2,(H,27,30). The highest BCUT2D eigenvalue weighted by molar-refractivity contribution is 5.77. The topological polar surface area (TPSA) is 65.4 Å². The second kappa shape index (κ2) is 10.9. The van der Waals surface area contributed by atoms with E-state index in [4.69, 9.17) is 14.6 Å². The fraction of sp³-hybridized carbons (Fsp3) is 0.154. The summed E-state index contributed by atoms with van der Waals surface area (Å²) in [5.74, 6) is 0.598. The van der Waals surface area contributed by atoms with Crippen molar-refractivity contribution >= 4 is 5.91 Å². The highest BCUT2D eigenvalue weighted by Crippen LogP contribution is 2.23. The number of carbonyl (C=O) groups is 1. The van der Waals surface area contributed by atoms with Crippen LogP contribution in [0.5, 0.6) is 5.75 Å². The van der Waals surface area contributed by atoms with Gasteiger partial charge in [0, 0.05) is 23.9 Å². The minimum absolute atomic E-state index is 0.0222. The quantitative estimate of drug-likeness (QED) is 0.384. The maximum atomic E-state index is 12.3. The Morgan fingerprint density at radius 2 is 1.50 bits per heavy atom. The van der Waals surface area contributed by atoms with E-state index in [0.29, 0.717) is 19.8 Å². The molecule has 0 aliphatic heterocycles. The number of para-hydroxylation sites is 2. The zero-order valence-electron chi connectivity index (χ0n) is 17.7. The molecule has 1 N–H and O–H groups in total. The van der Waals surface area contributed by atoms with Crippen LogP contribution >= 0.6 is 0 Å². The molecule has 6 nitrogen and oxygen atoms in total. The van der Waals surface area contributed by atoms with Crippen LogP contribution in [0, 0.1) is 0 Å². The summed E-state index contributed by atoms with van der Waals surface area (Å²) in [6.45, 7) is 1.06. The number of benzene rings is 3. The molecule has 4 aromatic rings. The minimum atomic E-state index is -0.184. The molecule has 0 aliphatic rings. The monoisotopic (exact) mass is 427 g/mol. The molecule has 0 atom stereocenters. The molecular formula is C26H25N3O3. The third kappa shape index (κ3) is 5.83. The van der Waals surface area contributed by atoms with Crippen molar-refractivity contribution in [2.24, 2.45) is 0 Å². The molecule has 32 heavy (non-hydrogen) atoms. The lowest BCUT2D eigenvalue weighted by Gasteiger charge is -2.08. The zero-order chi connectivity index (χ0) is 22.0. The molecule has 6 heteroatoms. The number of hydrogen-bond donors (Lipinski definition) is 1. The van der Waals surface area contributed by atoms with Crippen molar-refractivity contribution in [1.82, 2.24) is 15.1 Å². The summed E-state index contributed by atoms with van der Waals surface area (Å²) in [5.41, 5.74) is 3.73. The Labute approximate surface area is 187 Å². The van der Waals surface area contributed by atoms with Gasteiger partial charge in [-0.3, -0.25) is 4.79 Å². The van der Waals surface area contributed by atoms with Crippen LogP contribution in [0.4, 0.5) is 0 Å². The number of ether oxygens (including phenoxy) is 2. The highest BCUT2D eigenvalue weighted by Gasteiger charge is 2.13. The normalized spacial score (nSPS) is 10.6. The number of nitrogens with zero attached hydrogens (tertiary/aromatic N) is 2. The van der Waals surface area contributed by atoms with Crippen LogP contribution in [0.1, 0.15) is 5.56 Å². The van der Waals surface area contributed by atoms with Gasteiger partial charge in [0.2, 0.25) is 5.91 Å². The van der Waals surface area contributed by atoms with Crippen LogP contribution in [-0.2, 0) is 16.1 Å². The van der Waals surface area contributed by atoms with Crippen molar-refractivity contribution in [3.63, 3.8) is 0 Å². The van der Waals surface area contributed by atoms with Gasteiger partial charge in [0.1, 0.15) is 19.0 Å². The second-order valence-electron chi connectivity index (χ2n) is 7.14. The molecule has 1 amide bonds. The van der Waals surface area contributed by atoms with Crippen molar-refractivity contribution < 1.29 is 14.3 Å². The van der Waals surface area contributed by atoms with Crippen molar-refractivity contribution in [3.8, 4) is 22.7 Å². The van der Waals surface area contributed by atoms with Crippen molar-refractivity contribution in [3.05, 3.63) is 103 Å². The second-order valence-corrected chi connectivity index (χ2v) is 7.14. The van der Waals surface area contributed by atoms with E-state index in [1.165, 1.54) is 0 Å². The van der Waals surface area contributed by atoms with Crippen molar-refractivity contribution in [2.75, 3.05) is 19.8 Å². The lowest BCUT2D eigenvalue weighted by molar-refractivity contribution is -0.126. The Hall–Kier alpha value is -3.90. The van der Waals surface area contributed by atoms with Crippen LogP contribution in [0.25, 0.3) is 16.9 Å². The molecule has 3 aromatic carbocycles. The van der Waals surface area contributed by atoms with E-state index in [-0.39, 0.29) is 12.5 Å². The Morgan fingerprint density at radius 3 is 2.22 bits per heavy atom. The molecule has 0 saturated carbocycles. The van der Waals surface area contributed by atoms with Crippen molar-refractivity contribution in [1.29, 1.82) is 0 Å². The van der Waals surface area contributed by atoms with Gasteiger partial charge < -0.3 is 14.8 Å². The van der Waals surface area contributed by atoms with E-state index >= 15 is 0 Å². The maximum Gasteiger partial charge on any atom is 0.246 e. The summed E-state index contributed by atoms with van der Waals surface area (Å²) in [5, 5.41) is 7.69. The number of hydrogen-bond acceptors (Lipinski definition) is 4. The summed E-state index contributed by atoms with van der Waals surface area (Å²) < 4.78 is 12.8. The summed E-state index contributed by atoms with van der Waals surface area (Å²) in [4.78, 5) is 12.3. The first-order chi connectivity index (χ1) is 15.8. The summed E-state index contributed by atoms with van der Waals surface area (Å²) in [7, 11) is 0. The van der Waals surface area contributed by atoms with Gasteiger partial charge in [-0.15, -0.1) is 0 Å². The van der Waals surface area contributed by atoms with Crippen LogP contribution < -0.4 is 10.1 Å². The SMILES string of the molecule is O=C(COCCOc1ccccc1)NCc1cn(-c2ccccc2)nc1-c1ccccc1. The smallest absolute Gasteiger partial charge is 0.246 e. The summed E-state index contributed by atoms with van der Waals surface area (Å²) in [6, 6.07) is 29.4. The molecule has 162 valence electrons. The Kier molecular flexibility index (Phi) is 7.29. The molecular weight excluding hydrogens is 402 g/mol. The maximum absolute atomic E-state index is 12.3. The van der Waals surface area contributed by atoms with Gasteiger partial charge in [0.25, 0.3) is 0 Å². The van der Waals surface area contributed by atoms with Crippen LogP contribution in [0.15, 0.2) is 97.2 Å². The number of amides is 1. The average molecular weight is 428 g/mol.